The lowest BCUT2D eigenvalue weighted by Crippen LogP contribution is -2.31. The van der Waals surface area contributed by atoms with Crippen LogP contribution in [0.2, 0.25) is 0 Å². The van der Waals surface area contributed by atoms with Gasteiger partial charge in [0.25, 0.3) is 0 Å². The molecule has 1 heterocycles. The average molecular weight is 238 g/mol. The maximum atomic E-state index is 5.75. The summed E-state index contributed by atoms with van der Waals surface area (Å²) in [6.07, 6.45) is 10.2. The van der Waals surface area contributed by atoms with E-state index >= 15 is 0 Å². The Kier molecular flexibility index (Phi) is 4.26. The molecule has 1 saturated carbocycles. The fourth-order valence-electron chi connectivity index (χ4n) is 3.06. The normalized spacial score (nSPS) is 33.5. The number of methoxy groups -OCH3 is 1. The molecule has 2 nitrogen and oxygen atoms in total. The van der Waals surface area contributed by atoms with Crippen LogP contribution in [0.25, 0.3) is 0 Å². The second kappa shape index (κ2) is 5.53. The Morgan fingerprint density at radius 1 is 1.47 bits per heavy atom. The Bertz CT molecular complexity index is 275. The zero-order valence-electron chi connectivity index (χ0n) is 11.5. The lowest BCUT2D eigenvalue weighted by Gasteiger charge is -2.31. The number of hydrogen-bond donors (Lipinski definition) is 0. The molecule has 3 atom stereocenters. The highest BCUT2D eigenvalue weighted by Crippen LogP contribution is 2.48. The molecule has 0 N–H and O–H groups in total. The van der Waals surface area contributed by atoms with Crippen molar-refractivity contribution in [2.75, 3.05) is 13.7 Å². The van der Waals surface area contributed by atoms with Crippen molar-refractivity contribution in [2.24, 2.45) is 5.92 Å². The van der Waals surface area contributed by atoms with Crippen molar-refractivity contribution in [3.63, 3.8) is 0 Å². The van der Waals surface area contributed by atoms with Crippen molar-refractivity contribution in [3.8, 4) is 0 Å². The molecule has 2 heteroatoms. The topological polar surface area (TPSA) is 21.8 Å². The number of epoxide rings is 1. The van der Waals surface area contributed by atoms with E-state index in [1.54, 1.807) is 0 Å². The van der Waals surface area contributed by atoms with Gasteiger partial charge in [0.05, 0.1) is 18.3 Å². The second-order valence-electron chi connectivity index (χ2n) is 5.91. The van der Waals surface area contributed by atoms with E-state index in [2.05, 4.69) is 19.9 Å². The largest absolute Gasteiger partial charge is 0.381 e. The summed E-state index contributed by atoms with van der Waals surface area (Å²) in [5.74, 6) is 0.728. The first-order valence-corrected chi connectivity index (χ1v) is 6.96. The third-order valence-electron chi connectivity index (χ3n) is 4.33. The van der Waals surface area contributed by atoms with Gasteiger partial charge in [0, 0.05) is 7.11 Å². The van der Waals surface area contributed by atoms with E-state index in [0.717, 1.165) is 18.9 Å². The quantitative estimate of drug-likeness (QED) is 0.538. The summed E-state index contributed by atoms with van der Waals surface area (Å²) in [5, 5.41) is 0. The number of hydrogen-bond acceptors (Lipinski definition) is 2. The van der Waals surface area contributed by atoms with Crippen LogP contribution >= 0.6 is 0 Å². The van der Waals surface area contributed by atoms with E-state index < -0.39 is 0 Å². The third kappa shape index (κ3) is 3.32. The van der Waals surface area contributed by atoms with Gasteiger partial charge < -0.3 is 9.47 Å². The van der Waals surface area contributed by atoms with Crippen molar-refractivity contribution < 1.29 is 9.47 Å². The van der Waals surface area contributed by atoms with Crippen LogP contribution in [0.1, 0.15) is 52.4 Å². The van der Waals surface area contributed by atoms with Crippen molar-refractivity contribution >= 4 is 0 Å². The maximum absolute atomic E-state index is 5.75. The van der Waals surface area contributed by atoms with E-state index in [1.807, 2.05) is 7.11 Å². The summed E-state index contributed by atoms with van der Waals surface area (Å²) in [6.45, 7) is 5.30. The first kappa shape index (κ1) is 13.1. The summed E-state index contributed by atoms with van der Waals surface area (Å²) >= 11 is 0. The van der Waals surface area contributed by atoms with Gasteiger partial charge in [-0.2, -0.15) is 0 Å². The van der Waals surface area contributed by atoms with Crippen molar-refractivity contribution in [1.82, 2.24) is 0 Å². The van der Waals surface area contributed by atoms with Crippen LogP contribution in [-0.2, 0) is 9.47 Å². The molecule has 0 bridgehead atoms. The molecule has 17 heavy (non-hydrogen) atoms. The fraction of sp³-hybridized carbons (Fsp3) is 0.867. The lowest BCUT2D eigenvalue weighted by atomic mass is 9.76. The third-order valence-corrected chi connectivity index (χ3v) is 4.33. The van der Waals surface area contributed by atoms with Crippen molar-refractivity contribution in [2.45, 2.75) is 64.1 Å². The van der Waals surface area contributed by atoms with Gasteiger partial charge >= 0.3 is 0 Å². The minimum absolute atomic E-state index is 0.264. The predicted octanol–water partition coefficient (Wildman–Crippen LogP) is 3.71. The molecule has 0 aromatic carbocycles. The van der Waals surface area contributed by atoms with Crippen LogP contribution in [0.4, 0.5) is 0 Å². The average Bonchev–Trinajstić information content (AvgIpc) is 3.07. The molecule has 1 saturated heterocycles. The molecule has 0 radical (unpaired) electrons. The van der Waals surface area contributed by atoms with E-state index in [4.69, 9.17) is 9.47 Å². The number of rotatable bonds is 5. The molecule has 2 aliphatic rings. The van der Waals surface area contributed by atoms with Gasteiger partial charge in [0.1, 0.15) is 0 Å². The molecule has 2 fully saturated rings. The molecule has 1 spiro atoms. The molecule has 3 unspecified atom stereocenters. The minimum atomic E-state index is 0.264. The molecule has 1 aliphatic carbocycles. The lowest BCUT2D eigenvalue weighted by molar-refractivity contribution is 0.0501. The Hall–Kier alpha value is -0.340. The van der Waals surface area contributed by atoms with Gasteiger partial charge in [0.2, 0.25) is 0 Å². The molecule has 0 aromatic heterocycles. The Balaban J connectivity index is 1.87. The summed E-state index contributed by atoms with van der Waals surface area (Å²) < 4.78 is 11.4. The Morgan fingerprint density at radius 2 is 2.24 bits per heavy atom. The molecule has 0 aromatic rings. The summed E-state index contributed by atoms with van der Waals surface area (Å²) in [7, 11) is 1.84. The predicted molar refractivity (Wildman–Crippen MR) is 70.1 cm³/mol. The van der Waals surface area contributed by atoms with E-state index in [-0.39, 0.29) is 5.60 Å². The SMILES string of the molecule is COC(CC=C(C)C)CC1CCCCC12CO2. The summed E-state index contributed by atoms with van der Waals surface area (Å²) in [4.78, 5) is 0. The minimum Gasteiger partial charge on any atom is -0.381 e. The van der Waals surface area contributed by atoms with Gasteiger partial charge in [-0.15, -0.1) is 0 Å². The smallest absolute Gasteiger partial charge is 0.0945 e. The molecule has 98 valence electrons. The van der Waals surface area contributed by atoms with Gasteiger partial charge in [0.15, 0.2) is 0 Å². The van der Waals surface area contributed by atoms with Crippen molar-refractivity contribution in [3.05, 3.63) is 11.6 Å². The van der Waals surface area contributed by atoms with Crippen molar-refractivity contribution in [1.29, 1.82) is 0 Å². The van der Waals surface area contributed by atoms with E-state index in [0.29, 0.717) is 6.10 Å². The van der Waals surface area contributed by atoms with Crippen LogP contribution in [0.3, 0.4) is 0 Å². The molecule has 2 rings (SSSR count). The summed E-state index contributed by atoms with van der Waals surface area (Å²) in [5.41, 5.74) is 1.65. The van der Waals surface area contributed by atoms with Crippen LogP contribution in [0.5, 0.6) is 0 Å². The molecule has 1 aliphatic heterocycles. The Morgan fingerprint density at radius 3 is 2.82 bits per heavy atom. The number of ether oxygens (including phenoxy) is 2. The van der Waals surface area contributed by atoms with Crippen LogP contribution < -0.4 is 0 Å². The molecule has 0 amide bonds. The zero-order chi connectivity index (χ0) is 12.3. The second-order valence-corrected chi connectivity index (χ2v) is 5.91. The highest BCUT2D eigenvalue weighted by Gasteiger charge is 2.52. The van der Waals surface area contributed by atoms with Gasteiger partial charge in [-0.1, -0.05) is 24.5 Å². The zero-order valence-corrected chi connectivity index (χ0v) is 11.5. The highest BCUT2D eigenvalue weighted by molar-refractivity contribution is 5.02. The van der Waals surface area contributed by atoms with Gasteiger partial charge in [-0.3, -0.25) is 0 Å². The highest BCUT2D eigenvalue weighted by atomic mass is 16.6. The van der Waals surface area contributed by atoms with Crippen LogP contribution in [0.15, 0.2) is 11.6 Å². The van der Waals surface area contributed by atoms with E-state index in [1.165, 1.54) is 37.7 Å². The van der Waals surface area contributed by atoms with Crippen LogP contribution in [-0.4, -0.2) is 25.4 Å². The van der Waals surface area contributed by atoms with E-state index in [9.17, 15) is 0 Å². The first-order chi connectivity index (χ1) is 8.16. The number of allylic oxidation sites excluding steroid dienone is 1. The summed E-state index contributed by atoms with van der Waals surface area (Å²) in [6, 6.07) is 0. The fourth-order valence-corrected chi connectivity index (χ4v) is 3.06. The Labute approximate surface area is 105 Å². The monoisotopic (exact) mass is 238 g/mol. The van der Waals surface area contributed by atoms with Gasteiger partial charge in [-0.05, 0) is 45.4 Å². The van der Waals surface area contributed by atoms with Crippen LogP contribution in [0, 0.1) is 5.92 Å². The first-order valence-electron chi connectivity index (χ1n) is 6.96. The van der Waals surface area contributed by atoms with Gasteiger partial charge in [-0.25, -0.2) is 0 Å². The maximum Gasteiger partial charge on any atom is 0.0945 e. The molecular weight excluding hydrogens is 212 g/mol. The molecular formula is C15H26O2. The standard InChI is InChI=1S/C15H26O2/c1-12(2)7-8-14(16-3)10-13-6-4-5-9-15(13)11-17-15/h7,13-14H,4-6,8-11H2,1-3H3.